The van der Waals surface area contributed by atoms with Gasteiger partial charge in [-0.05, 0) is 36.5 Å². The van der Waals surface area contributed by atoms with Crippen LogP contribution in [-0.4, -0.2) is 29.2 Å². The number of hydrogen-bond acceptors (Lipinski definition) is 2. The first-order valence-corrected chi connectivity index (χ1v) is 7.28. The minimum absolute atomic E-state index is 0.0983. The van der Waals surface area contributed by atoms with Gasteiger partial charge in [-0.25, -0.2) is 4.79 Å². The molecular weight excluding hydrogens is 311 g/mol. The topological polar surface area (TPSA) is 66.4 Å². The number of nitrogens with one attached hydrogen (secondary N) is 1. The molecule has 0 unspecified atom stereocenters. The van der Waals surface area contributed by atoms with Crippen molar-refractivity contribution in [3.05, 3.63) is 35.4 Å². The van der Waals surface area contributed by atoms with Gasteiger partial charge in [-0.1, -0.05) is 26.0 Å². The van der Waals surface area contributed by atoms with Crippen molar-refractivity contribution in [2.24, 2.45) is 5.92 Å². The fourth-order valence-electron chi connectivity index (χ4n) is 2.04. The van der Waals surface area contributed by atoms with Gasteiger partial charge in [0.2, 0.25) is 0 Å². The highest BCUT2D eigenvalue weighted by atomic mass is 19.4. The van der Waals surface area contributed by atoms with Crippen molar-refractivity contribution in [1.82, 2.24) is 5.32 Å². The summed E-state index contributed by atoms with van der Waals surface area (Å²) in [5, 5.41) is 11.5. The molecule has 0 heterocycles. The fraction of sp³-hybridized carbons (Fsp3) is 0.500. The normalized spacial score (nSPS) is 13.0. The van der Waals surface area contributed by atoms with Gasteiger partial charge in [0, 0.05) is 12.0 Å². The highest BCUT2D eigenvalue weighted by Gasteiger charge is 2.26. The maximum atomic E-state index is 12.2. The van der Waals surface area contributed by atoms with Gasteiger partial charge in [0.25, 0.3) is 5.91 Å². The molecule has 2 N–H and O–H groups in total. The zero-order valence-electron chi connectivity index (χ0n) is 13.0. The summed E-state index contributed by atoms with van der Waals surface area (Å²) in [6, 6.07) is 4.69. The van der Waals surface area contributed by atoms with E-state index in [9.17, 15) is 22.8 Å². The predicted molar refractivity (Wildman–Crippen MR) is 79.2 cm³/mol. The monoisotopic (exact) mass is 331 g/mol. The Labute approximate surface area is 132 Å². The second kappa shape index (κ2) is 7.99. The Kier molecular flexibility index (Phi) is 6.60. The molecule has 0 aliphatic carbocycles. The van der Waals surface area contributed by atoms with E-state index in [1.807, 2.05) is 13.8 Å². The number of amides is 1. The zero-order chi connectivity index (χ0) is 17.6. The van der Waals surface area contributed by atoms with Crippen LogP contribution >= 0.6 is 0 Å². The first kappa shape index (κ1) is 19.0. The summed E-state index contributed by atoms with van der Waals surface area (Å²) >= 11 is 0. The average molecular weight is 331 g/mol. The largest absolute Gasteiger partial charge is 0.480 e. The summed E-state index contributed by atoms with van der Waals surface area (Å²) in [6.45, 7) is 3.69. The molecule has 1 atom stereocenters. The summed E-state index contributed by atoms with van der Waals surface area (Å²) in [5.41, 5.74) is 0.687. The first-order valence-electron chi connectivity index (χ1n) is 7.28. The van der Waals surface area contributed by atoms with Crippen LogP contribution in [0.15, 0.2) is 24.3 Å². The molecule has 0 saturated carbocycles. The van der Waals surface area contributed by atoms with E-state index in [0.29, 0.717) is 12.0 Å². The molecule has 0 aromatic heterocycles. The van der Waals surface area contributed by atoms with Gasteiger partial charge < -0.3 is 10.4 Å². The molecule has 1 aromatic carbocycles. The summed E-state index contributed by atoms with van der Waals surface area (Å²) in [7, 11) is 0. The van der Waals surface area contributed by atoms with Crippen molar-refractivity contribution in [2.45, 2.75) is 45.3 Å². The van der Waals surface area contributed by atoms with E-state index in [0.717, 1.165) is 0 Å². The van der Waals surface area contributed by atoms with Gasteiger partial charge in [0.05, 0.1) is 0 Å². The van der Waals surface area contributed by atoms with Crippen LogP contribution in [-0.2, 0) is 11.2 Å². The first-order chi connectivity index (χ1) is 10.6. The summed E-state index contributed by atoms with van der Waals surface area (Å²) in [6.07, 6.45) is -5.00. The number of alkyl halides is 3. The van der Waals surface area contributed by atoms with Crippen LogP contribution in [0.3, 0.4) is 0 Å². The Balaban J connectivity index is 2.67. The fourth-order valence-corrected chi connectivity index (χ4v) is 2.04. The van der Waals surface area contributed by atoms with E-state index < -0.39 is 30.5 Å². The van der Waals surface area contributed by atoms with Gasteiger partial charge in [0.1, 0.15) is 6.04 Å². The lowest BCUT2D eigenvalue weighted by atomic mass is 10.0. The average Bonchev–Trinajstić information content (AvgIpc) is 2.43. The van der Waals surface area contributed by atoms with Crippen molar-refractivity contribution in [3.63, 3.8) is 0 Å². The molecule has 0 radical (unpaired) electrons. The third-order valence-electron chi connectivity index (χ3n) is 3.22. The Morgan fingerprint density at radius 1 is 1.17 bits per heavy atom. The lowest BCUT2D eigenvalue weighted by Gasteiger charge is -2.16. The molecule has 1 amide bonds. The van der Waals surface area contributed by atoms with Crippen LogP contribution < -0.4 is 5.32 Å². The second-order valence-corrected chi connectivity index (χ2v) is 5.81. The molecule has 7 heteroatoms. The van der Waals surface area contributed by atoms with Crippen LogP contribution in [0.5, 0.6) is 0 Å². The minimum Gasteiger partial charge on any atom is -0.480 e. The summed E-state index contributed by atoms with van der Waals surface area (Å²) in [4.78, 5) is 23.1. The smallest absolute Gasteiger partial charge is 0.389 e. The third kappa shape index (κ3) is 7.17. The highest BCUT2D eigenvalue weighted by Crippen LogP contribution is 2.22. The summed E-state index contributed by atoms with van der Waals surface area (Å²) in [5.74, 6) is -1.57. The number of carboxylic acids is 1. The number of halogens is 3. The third-order valence-corrected chi connectivity index (χ3v) is 3.22. The molecule has 0 aliphatic heterocycles. The van der Waals surface area contributed by atoms with Gasteiger partial charge in [-0.15, -0.1) is 0 Å². The van der Waals surface area contributed by atoms with Crippen LogP contribution in [0.4, 0.5) is 13.2 Å². The molecule has 4 nitrogen and oxygen atoms in total. The molecule has 128 valence electrons. The molecular formula is C16H20F3NO3. The predicted octanol–water partition coefficient (Wildman–Crippen LogP) is 3.41. The quantitative estimate of drug-likeness (QED) is 0.804. The molecule has 0 fully saturated rings. The number of aryl methyl sites for hydroxylation is 1. The van der Waals surface area contributed by atoms with Crippen LogP contribution in [0.25, 0.3) is 0 Å². The number of rotatable bonds is 7. The van der Waals surface area contributed by atoms with Crippen molar-refractivity contribution >= 4 is 11.9 Å². The maximum absolute atomic E-state index is 12.2. The molecule has 1 rings (SSSR count). The molecule has 1 aromatic rings. The van der Waals surface area contributed by atoms with Gasteiger partial charge in [-0.3, -0.25) is 4.79 Å². The van der Waals surface area contributed by atoms with Crippen LogP contribution in [0, 0.1) is 5.92 Å². The number of carboxylic acid groups (broad SMARTS) is 1. The highest BCUT2D eigenvalue weighted by molar-refractivity contribution is 5.96. The van der Waals surface area contributed by atoms with E-state index >= 15 is 0 Å². The molecule has 0 spiro atoms. The molecule has 0 aliphatic rings. The van der Waals surface area contributed by atoms with E-state index in [1.54, 1.807) is 0 Å². The maximum Gasteiger partial charge on any atom is 0.389 e. The molecule has 23 heavy (non-hydrogen) atoms. The van der Waals surface area contributed by atoms with Crippen molar-refractivity contribution < 1.29 is 27.9 Å². The number of aliphatic carboxylic acids is 1. The number of hydrogen-bond donors (Lipinski definition) is 2. The van der Waals surface area contributed by atoms with Gasteiger partial charge in [0.15, 0.2) is 0 Å². The van der Waals surface area contributed by atoms with E-state index in [-0.39, 0.29) is 17.9 Å². The number of benzene rings is 1. The van der Waals surface area contributed by atoms with Gasteiger partial charge >= 0.3 is 12.1 Å². The second-order valence-electron chi connectivity index (χ2n) is 5.81. The van der Waals surface area contributed by atoms with Crippen LogP contribution in [0.2, 0.25) is 0 Å². The lowest BCUT2D eigenvalue weighted by molar-refractivity contribution is -0.139. The van der Waals surface area contributed by atoms with Crippen LogP contribution in [0.1, 0.15) is 42.6 Å². The Hall–Kier alpha value is -2.05. The van der Waals surface area contributed by atoms with Crippen molar-refractivity contribution in [2.75, 3.05) is 0 Å². The Morgan fingerprint density at radius 2 is 1.74 bits per heavy atom. The van der Waals surface area contributed by atoms with E-state index in [1.165, 1.54) is 24.3 Å². The zero-order valence-corrected chi connectivity index (χ0v) is 13.0. The Morgan fingerprint density at radius 3 is 2.17 bits per heavy atom. The van der Waals surface area contributed by atoms with E-state index in [4.69, 9.17) is 5.11 Å². The SMILES string of the molecule is CC(C)C[C@H](NC(=O)c1ccc(CCC(F)(F)F)cc1)C(=O)O. The van der Waals surface area contributed by atoms with Crippen molar-refractivity contribution in [3.8, 4) is 0 Å². The van der Waals surface area contributed by atoms with E-state index in [2.05, 4.69) is 5.32 Å². The molecule has 0 bridgehead atoms. The van der Waals surface area contributed by atoms with Crippen molar-refractivity contribution in [1.29, 1.82) is 0 Å². The lowest BCUT2D eigenvalue weighted by Crippen LogP contribution is -2.41. The minimum atomic E-state index is -4.22. The van der Waals surface area contributed by atoms with Gasteiger partial charge in [-0.2, -0.15) is 13.2 Å². The molecule has 0 saturated heterocycles. The Bertz CT molecular complexity index is 538. The number of carbonyl (C=O) groups excluding carboxylic acids is 1. The number of carbonyl (C=O) groups is 2. The summed E-state index contributed by atoms with van der Waals surface area (Å²) < 4.78 is 36.5. The standard InChI is InChI=1S/C16H20F3NO3/c1-10(2)9-13(15(22)23)20-14(21)12-5-3-11(4-6-12)7-8-16(17,18)19/h3-6,10,13H,7-9H2,1-2H3,(H,20,21)(H,22,23)/t13-/m0/s1.